The summed E-state index contributed by atoms with van der Waals surface area (Å²) in [6.07, 6.45) is 0. The minimum atomic E-state index is 1.47. The van der Waals surface area contributed by atoms with Crippen LogP contribution in [0, 0.1) is 5.92 Å². The minimum absolute atomic E-state index is 1.47. The molecule has 1 rings (SSSR count). The third-order valence-corrected chi connectivity index (χ3v) is 2.81. The average Bonchev–Trinajstić information content (AvgIpc) is 2.27. The van der Waals surface area contributed by atoms with Gasteiger partial charge in [-0.3, -0.25) is 0 Å². The van der Waals surface area contributed by atoms with E-state index >= 15 is 0 Å². The van der Waals surface area contributed by atoms with Crippen molar-refractivity contribution in [2.45, 2.75) is 34.6 Å². The van der Waals surface area contributed by atoms with Crippen molar-refractivity contribution in [3.05, 3.63) is 28.2 Å². The van der Waals surface area contributed by atoms with E-state index in [1.807, 2.05) is 0 Å². The van der Waals surface area contributed by atoms with Gasteiger partial charge in [0.2, 0.25) is 0 Å². The third-order valence-electron chi connectivity index (χ3n) is 2.81. The van der Waals surface area contributed by atoms with Gasteiger partial charge in [-0.25, -0.2) is 0 Å². The molecule has 0 bridgehead atoms. The Morgan fingerprint density at radius 1 is 0.667 bits per heavy atom. The van der Waals surface area contributed by atoms with Crippen LogP contribution >= 0.6 is 9.30 Å². The quantitative estimate of drug-likeness (QED) is 0.540. The van der Waals surface area contributed by atoms with E-state index in [1.54, 1.807) is 0 Å². The molecule has 0 amide bonds. The van der Waals surface area contributed by atoms with Crippen LogP contribution in [0.2, 0.25) is 0 Å². The number of allylic oxidation sites excluding steroid dienone is 4. The van der Waals surface area contributed by atoms with E-state index in [0.29, 0.717) is 0 Å². The molecular weight excluding hydrogens is 203 g/mol. The molecule has 0 saturated carbocycles. The Morgan fingerprint density at radius 2 is 0.917 bits per heavy atom. The molecule has 0 saturated heterocycles. The topological polar surface area (TPSA) is 0 Å². The summed E-state index contributed by atoms with van der Waals surface area (Å²) in [6.45, 7) is 11.0. The molecule has 12 heavy (non-hydrogen) atoms. The molecule has 1 radical (unpaired) electrons. The monoisotopic (exact) mass is 218 g/mol. The molecule has 2 heteroatoms. The molecule has 0 atom stereocenters. The van der Waals surface area contributed by atoms with Crippen molar-refractivity contribution in [3.63, 3.8) is 0 Å². The van der Waals surface area contributed by atoms with Crippen molar-refractivity contribution in [3.8, 4) is 0 Å². The molecule has 0 aliphatic heterocycles. The molecule has 0 spiro atoms. The van der Waals surface area contributed by atoms with Crippen LogP contribution in [-0.4, -0.2) is 0 Å². The fourth-order valence-electron chi connectivity index (χ4n) is 1.41. The number of hydrogen-bond acceptors (Lipinski definition) is 0. The zero-order chi connectivity index (χ0) is 9.89. The first kappa shape index (κ1) is 12.5. The zero-order valence-corrected chi connectivity index (χ0v) is 10.7. The Labute approximate surface area is 91.4 Å². The van der Waals surface area contributed by atoms with Gasteiger partial charge in [0.25, 0.3) is 0 Å². The summed E-state index contributed by atoms with van der Waals surface area (Å²) >= 11 is 1.47. The molecule has 66 valence electrons. The van der Waals surface area contributed by atoms with E-state index in [2.05, 4.69) is 43.9 Å². The summed E-state index contributed by atoms with van der Waals surface area (Å²) in [5, 5.41) is 0. The van der Waals surface area contributed by atoms with Gasteiger partial charge in [-0.2, -0.15) is 0 Å². The maximum absolute atomic E-state index is 4.64. The Morgan fingerprint density at radius 3 is 1.00 bits per heavy atom. The van der Waals surface area contributed by atoms with Crippen LogP contribution in [0.25, 0.3) is 0 Å². The van der Waals surface area contributed by atoms with Gasteiger partial charge in [0, 0.05) is 5.92 Å². The molecule has 1 aliphatic carbocycles. The number of rotatable bonds is 0. The molecule has 0 heterocycles. The molecular formula is C10H15ClTi. The van der Waals surface area contributed by atoms with E-state index in [1.165, 1.54) is 47.6 Å². The van der Waals surface area contributed by atoms with Gasteiger partial charge in [-0.05, 0) is 38.8 Å². The Hall–Kier alpha value is 0.484. The first-order chi connectivity index (χ1) is 5.55. The van der Waals surface area contributed by atoms with Gasteiger partial charge in [-0.15, -0.1) is 0 Å². The van der Waals surface area contributed by atoms with Gasteiger partial charge in [0.15, 0.2) is 0 Å². The summed E-state index contributed by atoms with van der Waals surface area (Å²) in [6, 6.07) is 0. The second-order valence-corrected chi connectivity index (χ2v) is 3.12. The van der Waals surface area contributed by atoms with Crippen molar-refractivity contribution < 1.29 is 19.4 Å². The van der Waals surface area contributed by atoms with Crippen LogP contribution in [0.1, 0.15) is 34.6 Å². The van der Waals surface area contributed by atoms with Crippen molar-refractivity contribution in [2.75, 3.05) is 0 Å². The summed E-state index contributed by atoms with van der Waals surface area (Å²) < 4.78 is 0. The molecule has 0 aromatic carbocycles. The zero-order valence-electron chi connectivity index (χ0n) is 8.38. The van der Waals surface area contributed by atoms with E-state index in [-0.39, 0.29) is 0 Å². The van der Waals surface area contributed by atoms with Gasteiger partial charge in [0.1, 0.15) is 0 Å². The second-order valence-electron chi connectivity index (χ2n) is 3.12. The molecule has 1 aliphatic rings. The summed E-state index contributed by atoms with van der Waals surface area (Å²) in [7, 11) is 4.64. The van der Waals surface area contributed by atoms with E-state index in [9.17, 15) is 0 Å². The molecule has 0 N–H and O–H groups in total. The van der Waals surface area contributed by atoms with Crippen LogP contribution < -0.4 is 0 Å². The van der Waals surface area contributed by atoms with Crippen LogP contribution in [0.3, 0.4) is 0 Å². The Balaban J connectivity index is 0.000000561. The normalized spacial score (nSPS) is 18.1. The molecule has 0 aromatic rings. The number of hydrogen-bond donors (Lipinski definition) is 0. The summed E-state index contributed by atoms with van der Waals surface area (Å²) in [5.41, 5.74) is 5.87. The summed E-state index contributed by atoms with van der Waals surface area (Å²) in [5.74, 6) is 1.47. The molecule has 0 aromatic heterocycles. The standard InChI is InChI=1S/C10H15.ClH.Ti/c1-6-7(2)9(4)10(5)8(6)3;;/h1-5H3;1H;/q;;+1/p-1. The van der Waals surface area contributed by atoms with Crippen molar-refractivity contribution in [1.82, 2.24) is 0 Å². The van der Waals surface area contributed by atoms with Crippen LogP contribution in [0.5, 0.6) is 0 Å². The molecule has 0 nitrogen and oxygen atoms in total. The van der Waals surface area contributed by atoms with Crippen molar-refractivity contribution in [2.24, 2.45) is 0 Å². The molecule has 0 fully saturated rings. The second kappa shape index (κ2) is 5.27. The molecule has 0 unspecified atom stereocenters. The Kier molecular flexibility index (Phi) is 5.48. The maximum atomic E-state index is 4.64. The summed E-state index contributed by atoms with van der Waals surface area (Å²) in [4.78, 5) is 0. The predicted molar refractivity (Wildman–Crippen MR) is 51.5 cm³/mol. The fraction of sp³-hybridized carbons (Fsp3) is 0.500. The predicted octanol–water partition coefficient (Wildman–Crippen LogP) is 3.95. The van der Waals surface area contributed by atoms with Crippen LogP contribution in [0.15, 0.2) is 22.3 Å². The van der Waals surface area contributed by atoms with Gasteiger partial charge in [0.05, 0.1) is 0 Å². The van der Waals surface area contributed by atoms with Crippen LogP contribution in [0.4, 0.5) is 0 Å². The van der Waals surface area contributed by atoms with Crippen LogP contribution in [-0.2, 0) is 19.4 Å². The van der Waals surface area contributed by atoms with E-state index < -0.39 is 0 Å². The fourth-order valence-corrected chi connectivity index (χ4v) is 1.41. The van der Waals surface area contributed by atoms with E-state index in [4.69, 9.17) is 0 Å². The average molecular weight is 219 g/mol. The van der Waals surface area contributed by atoms with Crippen molar-refractivity contribution in [1.29, 1.82) is 0 Å². The van der Waals surface area contributed by atoms with Gasteiger partial charge in [-0.1, -0.05) is 18.1 Å². The number of halogens is 1. The first-order valence-corrected chi connectivity index (χ1v) is 6.09. The van der Waals surface area contributed by atoms with Gasteiger partial charge >= 0.3 is 28.7 Å². The van der Waals surface area contributed by atoms with Gasteiger partial charge < -0.3 is 0 Å². The first-order valence-electron chi connectivity index (χ1n) is 3.94. The third kappa shape index (κ3) is 2.25. The SMILES string of the molecule is C[C]1C(C)=C(C)C(C)=C1C.[Cl][Ti]. The van der Waals surface area contributed by atoms with Crippen molar-refractivity contribution >= 4 is 9.30 Å². The Bertz CT molecular complexity index is 202. The van der Waals surface area contributed by atoms with E-state index in [0.717, 1.165) is 0 Å².